The smallest absolute Gasteiger partial charge is 0.192 e. The Bertz CT molecular complexity index is 626. The molecule has 110 valence electrons. The molecule has 1 heterocycles. The van der Waals surface area contributed by atoms with Gasteiger partial charge in [-0.05, 0) is 31.2 Å². The molecule has 0 aliphatic carbocycles. The molecule has 0 unspecified atom stereocenters. The van der Waals surface area contributed by atoms with Gasteiger partial charge in [-0.1, -0.05) is 11.8 Å². The van der Waals surface area contributed by atoms with Crippen molar-refractivity contribution in [2.75, 3.05) is 18.6 Å². The molecule has 1 atom stereocenters. The van der Waals surface area contributed by atoms with Crippen LogP contribution in [0, 0.1) is 0 Å². The number of hydrogen-bond acceptors (Lipinski definition) is 7. The number of carbonyl (C=O) groups excluding carboxylic acids is 1. The van der Waals surface area contributed by atoms with Gasteiger partial charge in [-0.2, -0.15) is 0 Å². The summed E-state index contributed by atoms with van der Waals surface area (Å²) in [6.45, 7) is 1.79. The van der Waals surface area contributed by atoms with Gasteiger partial charge in [0.05, 0.1) is 12.4 Å². The third-order valence-corrected chi connectivity index (χ3v) is 3.73. The van der Waals surface area contributed by atoms with Crippen LogP contribution in [0.15, 0.2) is 35.5 Å². The number of carbonyl (C=O) groups is 1. The molecule has 2 rings (SSSR count). The Morgan fingerprint density at radius 3 is 2.29 bits per heavy atom. The standard InChI is InChI=1S/C14H16N4O2S/c1-8(21-14-17-11(15)7-12(16)18-14)13(19)9-3-5-10(20-2)6-4-9/h3-8H,1-2H3,(H4,15,16,17,18)/t8-/m1/s1. The first-order valence-electron chi connectivity index (χ1n) is 6.24. The summed E-state index contributed by atoms with van der Waals surface area (Å²) in [5.74, 6) is 1.26. The van der Waals surface area contributed by atoms with Crippen LogP contribution in [0.1, 0.15) is 17.3 Å². The number of methoxy groups -OCH3 is 1. The van der Waals surface area contributed by atoms with E-state index in [9.17, 15) is 4.79 Å². The fourth-order valence-corrected chi connectivity index (χ4v) is 2.59. The summed E-state index contributed by atoms with van der Waals surface area (Å²) < 4.78 is 5.07. The number of aromatic nitrogens is 2. The molecule has 0 aliphatic heterocycles. The molecule has 1 aromatic heterocycles. The van der Waals surface area contributed by atoms with Gasteiger partial charge < -0.3 is 16.2 Å². The lowest BCUT2D eigenvalue weighted by Gasteiger charge is -2.10. The third kappa shape index (κ3) is 3.85. The van der Waals surface area contributed by atoms with Gasteiger partial charge in [0.2, 0.25) is 0 Å². The second-order valence-corrected chi connectivity index (χ2v) is 5.66. The molecule has 0 bridgehead atoms. The predicted molar refractivity (Wildman–Crippen MR) is 83.5 cm³/mol. The highest BCUT2D eigenvalue weighted by Gasteiger charge is 2.18. The van der Waals surface area contributed by atoms with Crippen LogP contribution in [0.5, 0.6) is 5.75 Å². The zero-order valence-corrected chi connectivity index (χ0v) is 12.6. The van der Waals surface area contributed by atoms with Crippen molar-refractivity contribution in [3.8, 4) is 5.75 Å². The molecule has 0 saturated carbocycles. The number of hydrogen-bond donors (Lipinski definition) is 2. The number of nitrogens with two attached hydrogens (primary N) is 2. The Labute approximate surface area is 126 Å². The van der Waals surface area contributed by atoms with Crippen LogP contribution in [-0.2, 0) is 0 Å². The van der Waals surface area contributed by atoms with E-state index < -0.39 is 0 Å². The first-order valence-corrected chi connectivity index (χ1v) is 7.12. The normalized spacial score (nSPS) is 11.9. The first-order chi connectivity index (χ1) is 9.99. The molecule has 0 spiro atoms. The zero-order chi connectivity index (χ0) is 15.4. The maximum Gasteiger partial charge on any atom is 0.192 e. The molecule has 6 nitrogen and oxygen atoms in total. The maximum absolute atomic E-state index is 12.3. The van der Waals surface area contributed by atoms with Gasteiger partial charge in [-0.25, -0.2) is 9.97 Å². The monoisotopic (exact) mass is 304 g/mol. The average molecular weight is 304 g/mol. The van der Waals surface area contributed by atoms with Gasteiger partial charge in [-0.15, -0.1) is 0 Å². The highest BCUT2D eigenvalue weighted by Crippen LogP contribution is 2.24. The fraction of sp³-hybridized carbons (Fsp3) is 0.214. The van der Waals surface area contributed by atoms with Crippen molar-refractivity contribution in [3.63, 3.8) is 0 Å². The van der Waals surface area contributed by atoms with E-state index in [0.29, 0.717) is 16.5 Å². The number of ether oxygens (including phenoxy) is 1. The summed E-state index contributed by atoms with van der Waals surface area (Å²) in [6.07, 6.45) is 0. The van der Waals surface area contributed by atoms with Crippen LogP contribution in [0.4, 0.5) is 11.6 Å². The van der Waals surface area contributed by atoms with Crippen molar-refractivity contribution < 1.29 is 9.53 Å². The molecule has 0 amide bonds. The largest absolute Gasteiger partial charge is 0.497 e. The average Bonchev–Trinajstić information content (AvgIpc) is 2.45. The molecule has 4 N–H and O–H groups in total. The Morgan fingerprint density at radius 2 is 1.76 bits per heavy atom. The van der Waals surface area contributed by atoms with Crippen LogP contribution in [0.2, 0.25) is 0 Å². The number of rotatable bonds is 5. The lowest BCUT2D eigenvalue weighted by molar-refractivity contribution is 0.0994. The molecule has 1 aromatic carbocycles. The number of anilines is 2. The van der Waals surface area contributed by atoms with Crippen molar-refractivity contribution in [3.05, 3.63) is 35.9 Å². The second-order valence-electron chi connectivity index (χ2n) is 4.35. The van der Waals surface area contributed by atoms with Gasteiger partial charge in [0.1, 0.15) is 17.4 Å². The second kappa shape index (κ2) is 6.45. The van der Waals surface area contributed by atoms with Crippen molar-refractivity contribution >= 4 is 29.2 Å². The minimum atomic E-state index is -0.348. The Hall–Kier alpha value is -2.28. The van der Waals surface area contributed by atoms with Crippen LogP contribution >= 0.6 is 11.8 Å². The predicted octanol–water partition coefficient (Wildman–Crippen LogP) is 2.01. The van der Waals surface area contributed by atoms with E-state index in [1.807, 2.05) is 0 Å². The SMILES string of the molecule is COc1ccc(C(=O)[C@@H](C)Sc2nc(N)cc(N)n2)cc1. The molecular formula is C14H16N4O2S. The molecule has 0 fully saturated rings. The van der Waals surface area contributed by atoms with Gasteiger partial charge in [-0.3, -0.25) is 4.79 Å². The van der Waals surface area contributed by atoms with E-state index in [2.05, 4.69) is 9.97 Å². The van der Waals surface area contributed by atoms with Crippen LogP contribution in [0.3, 0.4) is 0 Å². The topological polar surface area (TPSA) is 104 Å². The third-order valence-electron chi connectivity index (χ3n) is 2.77. The number of thioether (sulfide) groups is 1. The Kier molecular flexibility index (Phi) is 4.64. The molecular weight excluding hydrogens is 288 g/mol. The van der Waals surface area contributed by atoms with Crippen LogP contribution in [0.25, 0.3) is 0 Å². The van der Waals surface area contributed by atoms with E-state index in [1.165, 1.54) is 17.8 Å². The van der Waals surface area contributed by atoms with Gasteiger partial charge in [0.15, 0.2) is 10.9 Å². The van der Waals surface area contributed by atoms with Crippen molar-refractivity contribution in [2.24, 2.45) is 0 Å². The maximum atomic E-state index is 12.3. The van der Waals surface area contributed by atoms with E-state index in [-0.39, 0.29) is 22.7 Å². The number of nitrogen functional groups attached to an aromatic ring is 2. The summed E-state index contributed by atoms with van der Waals surface area (Å²) in [6, 6.07) is 8.43. The van der Waals surface area contributed by atoms with Crippen molar-refractivity contribution in [2.45, 2.75) is 17.3 Å². The number of benzene rings is 1. The minimum absolute atomic E-state index is 0.0211. The molecule has 0 saturated heterocycles. The van der Waals surface area contributed by atoms with Crippen molar-refractivity contribution in [1.82, 2.24) is 9.97 Å². The fourth-order valence-electron chi connectivity index (χ4n) is 1.72. The molecule has 0 aliphatic rings. The van der Waals surface area contributed by atoms with Gasteiger partial charge in [0.25, 0.3) is 0 Å². The lowest BCUT2D eigenvalue weighted by Crippen LogP contribution is -2.14. The molecule has 7 heteroatoms. The summed E-state index contributed by atoms with van der Waals surface area (Å²) in [4.78, 5) is 20.4. The zero-order valence-electron chi connectivity index (χ0n) is 11.7. The minimum Gasteiger partial charge on any atom is -0.497 e. The van der Waals surface area contributed by atoms with Crippen LogP contribution < -0.4 is 16.2 Å². The number of nitrogens with zero attached hydrogens (tertiary/aromatic N) is 2. The Balaban J connectivity index is 2.11. The van der Waals surface area contributed by atoms with Crippen molar-refractivity contribution in [1.29, 1.82) is 0 Å². The lowest BCUT2D eigenvalue weighted by atomic mass is 10.1. The van der Waals surface area contributed by atoms with Crippen LogP contribution in [-0.4, -0.2) is 28.1 Å². The van der Waals surface area contributed by atoms with E-state index in [4.69, 9.17) is 16.2 Å². The Morgan fingerprint density at radius 1 is 1.19 bits per heavy atom. The molecule has 2 aromatic rings. The number of ketones is 1. The summed E-state index contributed by atoms with van der Waals surface area (Å²) >= 11 is 1.22. The summed E-state index contributed by atoms with van der Waals surface area (Å²) in [5, 5.41) is 0.0430. The van der Waals surface area contributed by atoms with E-state index in [1.54, 1.807) is 38.3 Å². The van der Waals surface area contributed by atoms with E-state index in [0.717, 1.165) is 0 Å². The van der Waals surface area contributed by atoms with Gasteiger partial charge in [0, 0.05) is 11.6 Å². The molecule has 21 heavy (non-hydrogen) atoms. The quantitative estimate of drug-likeness (QED) is 0.494. The molecule has 0 radical (unpaired) electrons. The van der Waals surface area contributed by atoms with E-state index >= 15 is 0 Å². The highest BCUT2D eigenvalue weighted by molar-refractivity contribution is 8.00. The first kappa shape index (κ1) is 15.1. The summed E-state index contributed by atoms with van der Waals surface area (Å²) in [7, 11) is 1.58. The highest BCUT2D eigenvalue weighted by atomic mass is 32.2. The number of Topliss-reactive ketones (excluding diaryl/α,β-unsaturated/α-hetero) is 1. The summed E-state index contributed by atoms with van der Waals surface area (Å²) in [5.41, 5.74) is 11.8. The van der Waals surface area contributed by atoms with Gasteiger partial charge >= 0.3 is 0 Å².